The van der Waals surface area contributed by atoms with Gasteiger partial charge in [-0.25, -0.2) is 18.4 Å². The van der Waals surface area contributed by atoms with E-state index in [0.29, 0.717) is 28.4 Å². The predicted molar refractivity (Wildman–Crippen MR) is 113 cm³/mol. The summed E-state index contributed by atoms with van der Waals surface area (Å²) in [6, 6.07) is 5.70. The third-order valence-corrected chi connectivity index (χ3v) is 7.77. The molecular weight excluding hydrogens is 464 g/mol. The first kappa shape index (κ1) is 22.5. The number of alkyl halides is 2. The third kappa shape index (κ3) is 4.41. The van der Waals surface area contributed by atoms with Gasteiger partial charge >= 0.3 is 6.55 Å². The number of ether oxygens (including phenoxy) is 1. The number of nitrogens with one attached hydrogen (secondary N) is 1. The number of nitrogens with zero attached hydrogens (tertiary/aromatic N) is 4. The summed E-state index contributed by atoms with van der Waals surface area (Å²) in [4.78, 5) is 21.3. The van der Waals surface area contributed by atoms with E-state index in [1.54, 1.807) is 6.92 Å². The van der Waals surface area contributed by atoms with E-state index >= 15 is 0 Å². The Bertz CT molecular complexity index is 1240. The minimum absolute atomic E-state index is 0.00187. The molecule has 170 valence electrons. The van der Waals surface area contributed by atoms with Crippen molar-refractivity contribution in [3.8, 4) is 10.7 Å². The summed E-state index contributed by atoms with van der Waals surface area (Å²) in [6.45, 7) is -0.0169. The van der Waals surface area contributed by atoms with E-state index < -0.39 is 22.5 Å². The van der Waals surface area contributed by atoms with E-state index in [-0.39, 0.29) is 34.5 Å². The first-order valence-electron chi connectivity index (χ1n) is 9.55. The number of imidazole rings is 1. The quantitative estimate of drug-likeness (QED) is 0.578. The van der Waals surface area contributed by atoms with Crippen molar-refractivity contribution in [2.75, 3.05) is 31.6 Å². The summed E-state index contributed by atoms with van der Waals surface area (Å²) < 4.78 is 59.2. The number of hydrogen-bond acceptors (Lipinski definition) is 7. The number of aryl methyl sites for hydroxylation is 1. The number of morpholine rings is 1. The Labute approximate surface area is 186 Å². The smallest absolute Gasteiger partial charge is 0.320 e. The van der Waals surface area contributed by atoms with E-state index in [9.17, 15) is 22.0 Å². The molecular formula is C19H19F2N5O4S2. The topological polar surface area (TPSA) is 106 Å². The van der Waals surface area contributed by atoms with Crippen LogP contribution in [0.2, 0.25) is 0 Å². The SMILES string of the molecule is Cc1nc(NC(=O)c2cccc(S(=O)(=O)N3CCOCC3)c2)sc1-c1nccn1C(F)F. The lowest BCUT2D eigenvalue weighted by molar-refractivity contribution is 0.0720. The molecule has 13 heteroatoms. The lowest BCUT2D eigenvalue weighted by Gasteiger charge is -2.26. The Hall–Kier alpha value is -2.74. The molecule has 0 radical (unpaired) electrons. The maximum absolute atomic E-state index is 13.2. The molecule has 1 amide bonds. The minimum Gasteiger partial charge on any atom is -0.379 e. The number of carbonyl (C=O) groups is 1. The molecule has 1 saturated heterocycles. The van der Waals surface area contributed by atoms with Gasteiger partial charge in [0.25, 0.3) is 5.91 Å². The van der Waals surface area contributed by atoms with Crippen molar-refractivity contribution < 1.29 is 26.7 Å². The number of benzene rings is 1. The highest BCUT2D eigenvalue weighted by Crippen LogP contribution is 2.33. The van der Waals surface area contributed by atoms with Crippen molar-refractivity contribution in [2.24, 2.45) is 0 Å². The van der Waals surface area contributed by atoms with Crippen LogP contribution in [0.4, 0.5) is 13.9 Å². The summed E-state index contributed by atoms with van der Waals surface area (Å²) in [5.74, 6) is -0.518. The summed E-state index contributed by atoms with van der Waals surface area (Å²) in [5.41, 5.74) is 0.560. The van der Waals surface area contributed by atoms with Crippen molar-refractivity contribution in [1.82, 2.24) is 18.8 Å². The molecule has 3 heterocycles. The van der Waals surface area contributed by atoms with Crippen LogP contribution in [-0.4, -0.2) is 59.5 Å². The zero-order valence-corrected chi connectivity index (χ0v) is 18.5. The molecule has 0 saturated carbocycles. The predicted octanol–water partition coefficient (Wildman–Crippen LogP) is 2.98. The molecule has 0 bridgehead atoms. The van der Waals surface area contributed by atoms with Gasteiger partial charge in [-0.2, -0.15) is 13.1 Å². The molecule has 32 heavy (non-hydrogen) atoms. The fraction of sp³-hybridized carbons (Fsp3) is 0.316. The van der Waals surface area contributed by atoms with Crippen LogP contribution in [0.1, 0.15) is 22.6 Å². The molecule has 9 nitrogen and oxygen atoms in total. The fourth-order valence-corrected chi connectivity index (χ4v) is 5.62. The number of anilines is 1. The first-order chi connectivity index (χ1) is 15.3. The standard InChI is InChI=1S/C19H19F2N5O4S2/c1-12-15(16-22-5-6-26(16)18(20)21)31-19(23-12)24-17(27)13-3-2-4-14(11-13)32(28,29)25-7-9-30-10-8-25/h2-6,11,18H,7-10H2,1H3,(H,23,24,27). The maximum atomic E-state index is 13.2. The van der Waals surface area contributed by atoms with Gasteiger partial charge in [0.15, 0.2) is 11.0 Å². The van der Waals surface area contributed by atoms with E-state index in [0.717, 1.165) is 17.5 Å². The molecule has 1 aliphatic heterocycles. The van der Waals surface area contributed by atoms with Crippen molar-refractivity contribution in [3.63, 3.8) is 0 Å². The summed E-state index contributed by atoms with van der Waals surface area (Å²) in [7, 11) is -3.76. The van der Waals surface area contributed by atoms with Crippen molar-refractivity contribution in [1.29, 1.82) is 0 Å². The molecule has 4 rings (SSSR count). The molecule has 1 aromatic carbocycles. The maximum Gasteiger partial charge on any atom is 0.320 e. The minimum atomic E-state index is -3.76. The van der Waals surface area contributed by atoms with E-state index in [4.69, 9.17) is 4.74 Å². The molecule has 0 unspecified atom stereocenters. The Morgan fingerprint density at radius 2 is 2.03 bits per heavy atom. The molecule has 0 atom stereocenters. The number of amides is 1. The van der Waals surface area contributed by atoms with Crippen LogP contribution in [-0.2, 0) is 14.8 Å². The second-order valence-corrected chi connectivity index (χ2v) is 9.80. The highest BCUT2D eigenvalue weighted by molar-refractivity contribution is 7.89. The Kier molecular flexibility index (Phi) is 6.33. The highest BCUT2D eigenvalue weighted by atomic mass is 32.2. The van der Waals surface area contributed by atoms with Gasteiger partial charge in [0, 0.05) is 31.0 Å². The monoisotopic (exact) mass is 483 g/mol. The number of sulfonamides is 1. The van der Waals surface area contributed by atoms with Gasteiger partial charge in [-0.15, -0.1) is 0 Å². The third-order valence-electron chi connectivity index (χ3n) is 4.80. The summed E-state index contributed by atoms with van der Waals surface area (Å²) >= 11 is 1.00. The molecule has 0 spiro atoms. The van der Waals surface area contributed by atoms with Gasteiger partial charge in [0.1, 0.15) is 0 Å². The van der Waals surface area contributed by atoms with Gasteiger partial charge in [-0.05, 0) is 25.1 Å². The second kappa shape index (κ2) is 9.02. The van der Waals surface area contributed by atoms with Gasteiger partial charge < -0.3 is 4.74 Å². The van der Waals surface area contributed by atoms with Gasteiger partial charge in [0.05, 0.1) is 28.7 Å². The van der Waals surface area contributed by atoms with Gasteiger partial charge in [-0.3, -0.25) is 14.7 Å². The fourth-order valence-electron chi connectivity index (χ4n) is 3.21. The van der Waals surface area contributed by atoms with Gasteiger partial charge in [0.2, 0.25) is 10.0 Å². The zero-order chi connectivity index (χ0) is 22.9. The second-order valence-electron chi connectivity index (χ2n) is 6.87. The van der Waals surface area contributed by atoms with E-state index in [1.165, 1.54) is 34.8 Å². The first-order valence-corrected chi connectivity index (χ1v) is 11.8. The number of halogens is 2. The highest BCUT2D eigenvalue weighted by Gasteiger charge is 2.27. The Morgan fingerprint density at radius 3 is 2.75 bits per heavy atom. The van der Waals surface area contributed by atoms with Crippen LogP contribution in [0.25, 0.3) is 10.7 Å². The zero-order valence-electron chi connectivity index (χ0n) is 16.9. The van der Waals surface area contributed by atoms with Crippen LogP contribution in [0.15, 0.2) is 41.6 Å². The lowest BCUT2D eigenvalue weighted by Crippen LogP contribution is -2.40. The Balaban J connectivity index is 1.55. The van der Waals surface area contributed by atoms with Gasteiger partial charge in [-0.1, -0.05) is 17.4 Å². The number of rotatable bonds is 6. The summed E-state index contributed by atoms with van der Waals surface area (Å²) in [6.07, 6.45) is 2.43. The molecule has 2 aromatic heterocycles. The van der Waals surface area contributed by atoms with Crippen LogP contribution in [0.5, 0.6) is 0 Å². The average Bonchev–Trinajstić information content (AvgIpc) is 3.41. The molecule has 1 fully saturated rings. The molecule has 1 aliphatic rings. The number of aromatic nitrogens is 3. The molecule has 3 aromatic rings. The van der Waals surface area contributed by atoms with Crippen LogP contribution in [0.3, 0.4) is 0 Å². The van der Waals surface area contributed by atoms with Crippen LogP contribution in [0, 0.1) is 6.92 Å². The Morgan fingerprint density at radius 1 is 1.28 bits per heavy atom. The van der Waals surface area contributed by atoms with E-state index in [1.807, 2.05) is 0 Å². The lowest BCUT2D eigenvalue weighted by atomic mass is 10.2. The molecule has 0 aliphatic carbocycles. The van der Waals surface area contributed by atoms with Crippen molar-refractivity contribution in [2.45, 2.75) is 18.4 Å². The average molecular weight is 484 g/mol. The normalized spacial score (nSPS) is 15.2. The molecule has 1 N–H and O–H groups in total. The number of thiazole rings is 1. The van der Waals surface area contributed by atoms with Crippen molar-refractivity contribution in [3.05, 3.63) is 47.9 Å². The number of hydrogen-bond donors (Lipinski definition) is 1. The van der Waals surface area contributed by atoms with E-state index in [2.05, 4.69) is 15.3 Å². The van der Waals surface area contributed by atoms with Crippen molar-refractivity contribution >= 4 is 32.4 Å². The van der Waals surface area contributed by atoms with Crippen LogP contribution < -0.4 is 5.32 Å². The summed E-state index contributed by atoms with van der Waals surface area (Å²) in [5, 5.41) is 2.79. The largest absolute Gasteiger partial charge is 0.379 e. The van der Waals surface area contributed by atoms with Crippen LogP contribution >= 0.6 is 11.3 Å². The number of carbonyl (C=O) groups excluding carboxylic acids is 1.